The number of carbonyl (C=O) groups is 1. The van der Waals surface area contributed by atoms with Crippen LogP contribution in [0.25, 0.3) is 0 Å². The molecule has 1 aromatic carbocycles. The number of nitrogens with two attached hydrogens (primary N) is 1. The lowest BCUT2D eigenvalue weighted by Crippen LogP contribution is -2.21. The van der Waals surface area contributed by atoms with Crippen molar-refractivity contribution in [3.05, 3.63) is 29.8 Å². The third-order valence-corrected chi connectivity index (χ3v) is 2.80. The average Bonchev–Trinajstić information content (AvgIpc) is 2.29. The molecule has 0 radical (unpaired) electrons. The second-order valence-corrected chi connectivity index (χ2v) is 4.08. The van der Waals surface area contributed by atoms with Crippen LogP contribution < -0.4 is 11.1 Å². The van der Waals surface area contributed by atoms with Crippen LogP contribution in [0.5, 0.6) is 0 Å². The molecule has 0 fully saturated rings. The first kappa shape index (κ1) is 12.7. The monoisotopic (exact) mass is 220 g/mol. The summed E-state index contributed by atoms with van der Waals surface area (Å²) >= 11 is 0. The number of amides is 1. The Labute approximate surface area is 97.0 Å². The van der Waals surface area contributed by atoms with Crippen molar-refractivity contribution in [3.63, 3.8) is 0 Å². The summed E-state index contributed by atoms with van der Waals surface area (Å²) in [7, 11) is 0. The van der Waals surface area contributed by atoms with Crippen LogP contribution in [0.15, 0.2) is 24.3 Å². The lowest BCUT2D eigenvalue weighted by Gasteiger charge is -2.13. The van der Waals surface area contributed by atoms with Crippen molar-refractivity contribution >= 4 is 11.6 Å². The minimum absolute atomic E-state index is 0.0478. The van der Waals surface area contributed by atoms with E-state index >= 15 is 0 Å². The van der Waals surface area contributed by atoms with Crippen molar-refractivity contribution in [2.24, 2.45) is 11.7 Å². The van der Waals surface area contributed by atoms with Gasteiger partial charge in [0.05, 0.1) is 0 Å². The molecule has 0 heterocycles. The van der Waals surface area contributed by atoms with Crippen molar-refractivity contribution in [1.29, 1.82) is 0 Å². The molecule has 0 aliphatic carbocycles. The van der Waals surface area contributed by atoms with Crippen molar-refractivity contribution in [2.75, 3.05) is 11.9 Å². The topological polar surface area (TPSA) is 55.1 Å². The molecule has 3 N–H and O–H groups in total. The SMILES string of the molecule is CCC(CN)CC(=O)Nc1ccccc1C. The van der Waals surface area contributed by atoms with E-state index in [2.05, 4.69) is 12.2 Å². The van der Waals surface area contributed by atoms with E-state index in [0.717, 1.165) is 17.7 Å². The highest BCUT2D eigenvalue weighted by molar-refractivity contribution is 5.91. The van der Waals surface area contributed by atoms with E-state index in [1.807, 2.05) is 31.2 Å². The Morgan fingerprint density at radius 3 is 2.69 bits per heavy atom. The molecule has 1 atom stereocenters. The number of aryl methyl sites for hydroxylation is 1. The molecular formula is C13H20N2O. The van der Waals surface area contributed by atoms with Gasteiger partial charge in [-0.1, -0.05) is 31.5 Å². The van der Waals surface area contributed by atoms with Gasteiger partial charge in [0.1, 0.15) is 0 Å². The predicted molar refractivity (Wildman–Crippen MR) is 67.3 cm³/mol. The number of nitrogens with one attached hydrogen (secondary N) is 1. The van der Waals surface area contributed by atoms with Crippen LogP contribution in [0.4, 0.5) is 5.69 Å². The fourth-order valence-electron chi connectivity index (χ4n) is 1.57. The van der Waals surface area contributed by atoms with Gasteiger partial charge in [0.15, 0.2) is 0 Å². The molecule has 1 rings (SSSR count). The van der Waals surface area contributed by atoms with Crippen molar-refractivity contribution in [2.45, 2.75) is 26.7 Å². The van der Waals surface area contributed by atoms with E-state index in [1.54, 1.807) is 0 Å². The molecule has 0 aromatic heterocycles. The highest BCUT2D eigenvalue weighted by atomic mass is 16.1. The standard InChI is InChI=1S/C13H20N2O/c1-3-11(9-14)8-13(16)15-12-7-5-4-6-10(12)2/h4-7,11H,3,8-9,14H2,1-2H3,(H,15,16). The lowest BCUT2D eigenvalue weighted by molar-refractivity contribution is -0.117. The van der Waals surface area contributed by atoms with Crippen molar-refractivity contribution < 1.29 is 4.79 Å². The van der Waals surface area contributed by atoms with Crippen LogP contribution in [0.3, 0.4) is 0 Å². The number of carbonyl (C=O) groups excluding carboxylic acids is 1. The fourth-order valence-corrected chi connectivity index (χ4v) is 1.57. The number of hydrogen-bond donors (Lipinski definition) is 2. The summed E-state index contributed by atoms with van der Waals surface area (Å²) in [6, 6.07) is 7.77. The van der Waals surface area contributed by atoms with Gasteiger partial charge in [-0.25, -0.2) is 0 Å². The van der Waals surface area contributed by atoms with Crippen LogP contribution >= 0.6 is 0 Å². The molecule has 0 saturated carbocycles. The quantitative estimate of drug-likeness (QED) is 0.800. The fraction of sp³-hybridized carbons (Fsp3) is 0.462. The second kappa shape index (κ2) is 6.28. The van der Waals surface area contributed by atoms with Gasteiger partial charge in [-0.15, -0.1) is 0 Å². The largest absolute Gasteiger partial charge is 0.330 e. The van der Waals surface area contributed by atoms with Gasteiger partial charge >= 0.3 is 0 Å². The number of hydrogen-bond acceptors (Lipinski definition) is 2. The zero-order chi connectivity index (χ0) is 12.0. The minimum atomic E-state index is 0.0478. The van der Waals surface area contributed by atoms with Gasteiger partial charge in [-0.2, -0.15) is 0 Å². The van der Waals surface area contributed by atoms with Gasteiger partial charge in [0, 0.05) is 12.1 Å². The summed E-state index contributed by atoms with van der Waals surface area (Å²) in [6.07, 6.45) is 1.44. The molecule has 3 heteroatoms. The molecule has 1 amide bonds. The summed E-state index contributed by atoms with van der Waals surface area (Å²) in [5.41, 5.74) is 7.54. The second-order valence-electron chi connectivity index (χ2n) is 4.08. The van der Waals surface area contributed by atoms with Gasteiger partial charge in [0.2, 0.25) is 5.91 Å². The highest BCUT2D eigenvalue weighted by Gasteiger charge is 2.11. The van der Waals surface area contributed by atoms with E-state index in [4.69, 9.17) is 5.73 Å². The van der Waals surface area contributed by atoms with E-state index in [1.165, 1.54) is 0 Å². The van der Waals surface area contributed by atoms with Gasteiger partial charge in [-0.05, 0) is 31.0 Å². The number of benzene rings is 1. The first-order chi connectivity index (χ1) is 7.67. The minimum Gasteiger partial charge on any atom is -0.330 e. The maximum atomic E-state index is 11.7. The Kier molecular flexibility index (Phi) is 4.99. The van der Waals surface area contributed by atoms with E-state index < -0.39 is 0 Å². The van der Waals surface area contributed by atoms with Gasteiger partial charge < -0.3 is 11.1 Å². The highest BCUT2D eigenvalue weighted by Crippen LogP contribution is 2.15. The van der Waals surface area contributed by atoms with E-state index in [0.29, 0.717) is 13.0 Å². The summed E-state index contributed by atoms with van der Waals surface area (Å²) < 4.78 is 0. The van der Waals surface area contributed by atoms with Gasteiger partial charge in [-0.3, -0.25) is 4.79 Å². The van der Waals surface area contributed by atoms with Crippen molar-refractivity contribution in [3.8, 4) is 0 Å². The van der Waals surface area contributed by atoms with Crippen LogP contribution in [0.1, 0.15) is 25.3 Å². The van der Waals surface area contributed by atoms with Crippen LogP contribution in [0, 0.1) is 12.8 Å². The molecule has 0 aliphatic heterocycles. The van der Waals surface area contributed by atoms with Crippen LogP contribution in [-0.2, 0) is 4.79 Å². The van der Waals surface area contributed by atoms with Crippen LogP contribution in [0.2, 0.25) is 0 Å². The Bertz CT molecular complexity index is 346. The molecule has 3 nitrogen and oxygen atoms in total. The third kappa shape index (κ3) is 3.66. The Morgan fingerprint density at radius 1 is 1.44 bits per heavy atom. The molecule has 1 unspecified atom stereocenters. The summed E-state index contributed by atoms with van der Waals surface area (Å²) in [4.78, 5) is 11.7. The summed E-state index contributed by atoms with van der Waals surface area (Å²) in [5.74, 6) is 0.329. The molecule has 0 saturated heterocycles. The average molecular weight is 220 g/mol. The summed E-state index contributed by atoms with van der Waals surface area (Å²) in [6.45, 7) is 4.60. The lowest BCUT2D eigenvalue weighted by atomic mass is 10.0. The third-order valence-electron chi connectivity index (χ3n) is 2.80. The maximum Gasteiger partial charge on any atom is 0.224 e. The molecule has 16 heavy (non-hydrogen) atoms. The Hall–Kier alpha value is -1.35. The zero-order valence-corrected chi connectivity index (χ0v) is 9.99. The Balaban J connectivity index is 2.55. The summed E-state index contributed by atoms with van der Waals surface area (Å²) in [5, 5.41) is 2.91. The zero-order valence-electron chi connectivity index (χ0n) is 9.99. The predicted octanol–water partition coefficient (Wildman–Crippen LogP) is 2.31. The molecule has 0 aliphatic rings. The molecular weight excluding hydrogens is 200 g/mol. The first-order valence-electron chi connectivity index (χ1n) is 5.73. The molecule has 88 valence electrons. The molecule has 0 bridgehead atoms. The maximum absolute atomic E-state index is 11.7. The van der Waals surface area contributed by atoms with E-state index in [9.17, 15) is 4.79 Å². The Morgan fingerprint density at radius 2 is 2.12 bits per heavy atom. The van der Waals surface area contributed by atoms with Crippen molar-refractivity contribution in [1.82, 2.24) is 0 Å². The molecule has 1 aromatic rings. The van der Waals surface area contributed by atoms with Gasteiger partial charge in [0.25, 0.3) is 0 Å². The number of rotatable bonds is 5. The normalized spacial score (nSPS) is 12.2. The first-order valence-corrected chi connectivity index (χ1v) is 5.73. The number of para-hydroxylation sites is 1. The number of anilines is 1. The van der Waals surface area contributed by atoms with E-state index in [-0.39, 0.29) is 11.8 Å². The molecule has 0 spiro atoms. The van der Waals surface area contributed by atoms with Crippen LogP contribution in [-0.4, -0.2) is 12.5 Å². The smallest absolute Gasteiger partial charge is 0.224 e.